The van der Waals surface area contributed by atoms with Crippen molar-refractivity contribution in [2.45, 2.75) is 64.3 Å². The van der Waals surface area contributed by atoms with Crippen LogP contribution in [0.25, 0.3) is 0 Å². The molecule has 4 rings (SSSR count). The van der Waals surface area contributed by atoms with Gasteiger partial charge in [0.25, 0.3) is 5.91 Å². The second kappa shape index (κ2) is 9.90. The summed E-state index contributed by atoms with van der Waals surface area (Å²) >= 11 is 0. The Morgan fingerprint density at radius 3 is 2.58 bits per heavy atom. The molecule has 1 aliphatic carbocycles. The highest BCUT2D eigenvalue weighted by Gasteiger charge is 2.28. The second-order valence-corrected chi connectivity index (χ2v) is 9.97. The lowest BCUT2D eigenvalue weighted by Gasteiger charge is -2.29. The van der Waals surface area contributed by atoms with Gasteiger partial charge in [-0.1, -0.05) is 37.5 Å². The van der Waals surface area contributed by atoms with E-state index < -0.39 is 0 Å². The minimum absolute atomic E-state index is 0.0397. The molecule has 0 saturated heterocycles. The number of ether oxygens (including phenoxy) is 1. The topological polar surface area (TPSA) is 67.8 Å². The highest BCUT2D eigenvalue weighted by atomic mass is 16.5. The third-order valence-electron chi connectivity index (χ3n) is 6.74. The predicted molar refractivity (Wildman–Crippen MR) is 132 cm³/mol. The number of amides is 1. The van der Waals surface area contributed by atoms with Crippen molar-refractivity contribution in [1.82, 2.24) is 5.32 Å². The first-order valence-corrected chi connectivity index (χ1v) is 12.0. The van der Waals surface area contributed by atoms with E-state index in [1.54, 1.807) is 31.4 Å². The first-order chi connectivity index (χ1) is 15.8. The molecule has 33 heavy (non-hydrogen) atoms. The number of carbonyl (C=O) groups excluding carboxylic acids is 2. The van der Waals surface area contributed by atoms with Crippen LogP contribution in [0.2, 0.25) is 0 Å². The van der Waals surface area contributed by atoms with Crippen molar-refractivity contribution < 1.29 is 14.3 Å². The highest BCUT2D eigenvalue weighted by molar-refractivity contribution is 6.17. The number of methoxy groups -OCH3 is 1. The molecule has 0 aromatic heterocycles. The molecule has 2 aromatic carbocycles. The zero-order valence-electron chi connectivity index (χ0n) is 19.9. The normalized spacial score (nSPS) is 17.6. The van der Waals surface area contributed by atoms with Crippen LogP contribution in [-0.4, -0.2) is 36.6 Å². The largest absolute Gasteiger partial charge is 0.497 e. The molecule has 0 bridgehead atoms. The van der Waals surface area contributed by atoms with Crippen LogP contribution < -0.4 is 10.1 Å². The van der Waals surface area contributed by atoms with Crippen molar-refractivity contribution in [3.05, 3.63) is 64.7 Å². The van der Waals surface area contributed by atoms with Crippen LogP contribution in [0.15, 0.2) is 47.5 Å². The number of rotatable bonds is 7. The molecule has 1 heterocycles. The summed E-state index contributed by atoms with van der Waals surface area (Å²) < 4.78 is 5.39. The summed E-state index contributed by atoms with van der Waals surface area (Å²) in [4.78, 5) is 30.8. The fourth-order valence-electron chi connectivity index (χ4n) is 4.99. The molecule has 0 spiro atoms. The summed E-state index contributed by atoms with van der Waals surface area (Å²) in [5.74, 6) is 1.17. The lowest BCUT2D eigenvalue weighted by Crippen LogP contribution is -2.30. The van der Waals surface area contributed by atoms with E-state index in [9.17, 15) is 9.59 Å². The van der Waals surface area contributed by atoms with Crippen LogP contribution in [0.1, 0.15) is 84.2 Å². The minimum Gasteiger partial charge on any atom is -0.497 e. The van der Waals surface area contributed by atoms with E-state index in [1.165, 1.54) is 37.7 Å². The third kappa shape index (κ3) is 5.70. The van der Waals surface area contributed by atoms with Gasteiger partial charge in [-0.3, -0.25) is 14.6 Å². The lowest BCUT2D eigenvalue weighted by molar-refractivity contribution is 0.0943. The van der Waals surface area contributed by atoms with Gasteiger partial charge in [-0.15, -0.1) is 0 Å². The van der Waals surface area contributed by atoms with Crippen LogP contribution >= 0.6 is 0 Å². The molecule has 174 valence electrons. The maximum Gasteiger partial charge on any atom is 0.251 e. The minimum atomic E-state index is -0.266. The van der Waals surface area contributed by atoms with E-state index in [-0.39, 0.29) is 23.7 Å². The van der Waals surface area contributed by atoms with E-state index >= 15 is 0 Å². The number of carbonyl (C=O) groups is 2. The monoisotopic (exact) mass is 446 g/mol. The van der Waals surface area contributed by atoms with Gasteiger partial charge in [-0.05, 0) is 68.9 Å². The smallest absolute Gasteiger partial charge is 0.251 e. The zero-order valence-corrected chi connectivity index (χ0v) is 19.9. The van der Waals surface area contributed by atoms with Gasteiger partial charge < -0.3 is 10.1 Å². The van der Waals surface area contributed by atoms with Crippen molar-refractivity contribution in [1.29, 1.82) is 0 Å². The summed E-state index contributed by atoms with van der Waals surface area (Å²) in [7, 11) is 1.64. The standard InChI is InChI=1S/C28H34N2O3/c1-28(2)17-22-12-13-23(33-3)15-24(22)25(30-28)16-26(31)20-10-7-11-21(14-20)27(32)29-18-19-8-5-4-6-9-19/h7,10-15,19H,4-6,8-9,16-18H2,1-3H3,(H,29,32). The van der Waals surface area contributed by atoms with E-state index in [2.05, 4.69) is 25.2 Å². The number of hydrogen-bond donors (Lipinski definition) is 1. The molecular formula is C28H34N2O3. The third-order valence-corrected chi connectivity index (χ3v) is 6.74. The number of ketones is 1. The molecule has 1 fully saturated rings. The molecule has 1 aliphatic heterocycles. The molecule has 1 amide bonds. The fraction of sp³-hybridized carbons (Fsp3) is 0.464. The fourth-order valence-corrected chi connectivity index (χ4v) is 4.99. The first kappa shape index (κ1) is 23.2. The van der Waals surface area contributed by atoms with Crippen LogP contribution in [0.5, 0.6) is 5.75 Å². The number of nitrogens with one attached hydrogen (secondary N) is 1. The predicted octanol–water partition coefficient (Wildman–Crippen LogP) is 5.40. The maximum atomic E-state index is 13.2. The van der Waals surface area contributed by atoms with Gasteiger partial charge in [0.2, 0.25) is 0 Å². The first-order valence-electron chi connectivity index (χ1n) is 12.0. The quantitative estimate of drug-likeness (QED) is 0.579. The average molecular weight is 447 g/mol. The number of hydrogen-bond acceptors (Lipinski definition) is 4. The summed E-state index contributed by atoms with van der Waals surface area (Å²) in [6.45, 7) is 4.88. The van der Waals surface area contributed by atoms with Crippen LogP contribution in [-0.2, 0) is 6.42 Å². The highest BCUT2D eigenvalue weighted by Crippen LogP contribution is 2.31. The summed E-state index contributed by atoms with van der Waals surface area (Å²) in [6.07, 6.45) is 7.18. The van der Waals surface area contributed by atoms with E-state index in [0.717, 1.165) is 23.4 Å². The summed E-state index contributed by atoms with van der Waals surface area (Å²) in [5, 5.41) is 3.06. The molecule has 0 unspecified atom stereocenters. The molecule has 0 atom stereocenters. The van der Waals surface area contributed by atoms with Gasteiger partial charge in [0.15, 0.2) is 5.78 Å². The van der Waals surface area contributed by atoms with E-state index in [4.69, 9.17) is 9.73 Å². The van der Waals surface area contributed by atoms with Crippen LogP contribution in [0.4, 0.5) is 0 Å². The van der Waals surface area contributed by atoms with Crippen LogP contribution in [0.3, 0.4) is 0 Å². The Kier molecular flexibility index (Phi) is 6.96. The molecule has 5 nitrogen and oxygen atoms in total. The van der Waals surface area contributed by atoms with Crippen molar-refractivity contribution in [3.63, 3.8) is 0 Å². The summed E-state index contributed by atoms with van der Waals surface area (Å²) in [5.41, 5.74) is 3.73. The number of fused-ring (bicyclic) bond motifs is 1. The van der Waals surface area contributed by atoms with E-state index in [1.807, 2.05) is 12.1 Å². The van der Waals surface area contributed by atoms with Crippen molar-refractivity contribution in [3.8, 4) is 5.75 Å². The molecule has 1 N–H and O–H groups in total. The SMILES string of the molecule is COc1ccc2c(c1)C(CC(=O)c1cccc(C(=O)NCC3CCCCC3)c1)=NC(C)(C)C2. The van der Waals surface area contributed by atoms with Crippen molar-refractivity contribution in [2.24, 2.45) is 10.9 Å². The van der Waals surface area contributed by atoms with Gasteiger partial charge in [0.1, 0.15) is 5.75 Å². The van der Waals surface area contributed by atoms with E-state index in [0.29, 0.717) is 23.6 Å². The Bertz CT molecular complexity index is 1060. The Hall–Kier alpha value is -2.95. The lowest BCUT2D eigenvalue weighted by atomic mass is 9.85. The molecule has 1 saturated carbocycles. The second-order valence-electron chi connectivity index (χ2n) is 9.97. The van der Waals surface area contributed by atoms with Gasteiger partial charge in [0, 0.05) is 23.2 Å². The molecule has 2 aliphatic rings. The Labute approximate surface area is 196 Å². The Morgan fingerprint density at radius 1 is 1.06 bits per heavy atom. The summed E-state index contributed by atoms with van der Waals surface area (Å²) in [6, 6.07) is 13.0. The Morgan fingerprint density at radius 2 is 1.82 bits per heavy atom. The van der Waals surface area contributed by atoms with Gasteiger partial charge in [0.05, 0.1) is 24.8 Å². The number of Topliss-reactive ketones (excluding diaryl/α,β-unsaturated/α-hetero) is 1. The Balaban J connectivity index is 1.48. The van der Waals surface area contributed by atoms with Gasteiger partial charge in [-0.25, -0.2) is 0 Å². The molecule has 2 aromatic rings. The van der Waals surface area contributed by atoms with Crippen molar-refractivity contribution in [2.75, 3.05) is 13.7 Å². The van der Waals surface area contributed by atoms with Gasteiger partial charge >= 0.3 is 0 Å². The molecule has 5 heteroatoms. The number of nitrogens with zero attached hydrogens (tertiary/aromatic N) is 1. The zero-order chi connectivity index (χ0) is 23.4. The number of aliphatic imine (C=N–C) groups is 1. The van der Waals surface area contributed by atoms with Gasteiger partial charge in [-0.2, -0.15) is 0 Å². The van der Waals surface area contributed by atoms with Crippen LogP contribution in [0, 0.1) is 5.92 Å². The average Bonchev–Trinajstić information content (AvgIpc) is 2.82. The molecular weight excluding hydrogens is 412 g/mol. The van der Waals surface area contributed by atoms with Crippen molar-refractivity contribution >= 4 is 17.4 Å². The molecule has 0 radical (unpaired) electrons. The maximum absolute atomic E-state index is 13.2. The number of benzene rings is 2.